The van der Waals surface area contributed by atoms with Gasteiger partial charge in [-0.15, -0.1) is 0 Å². The maximum absolute atomic E-state index is 12.9. The predicted octanol–water partition coefficient (Wildman–Crippen LogP) is 2.14. The van der Waals surface area contributed by atoms with Crippen molar-refractivity contribution < 1.29 is 4.79 Å². The summed E-state index contributed by atoms with van der Waals surface area (Å²) in [6.45, 7) is 3.39. The number of aromatic nitrogens is 4. The number of carbonyl (C=O) groups excluding carboxylic acids is 1. The Balaban J connectivity index is 1.65. The fourth-order valence-corrected chi connectivity index (χ4v) is 3.50. The molecule has 0 aliphatic carbocycles. The van der Waals surface area contributed by atoms with Gasteiger partial charge < -0.3 is 5.32 Å². The molecule has 0 aliphatic rings. The van der Waals surface area contributed by atoms with Gasteiger partial charge in [-0.25, -0.2) is 9.67 Å². The van der Waals surface area contributed by atoms with Gasteiger partial charge in [0.15, 0.2) is 0 Å². The Bertz CT molecular complexity index is 1380. The lowest BCUT2D eigenvalue weighted by Gasteiger charge is -2.08. The first-order valence-electron chi connectivity index (χ1n) is 9.47. The van der Waals surface area contributed by atoms with Gasteiger partial charge in [0.05, 0.1) is 28.6 Å². The van der Waals surface area contributed by atoms with Gasteiger partial charge >= 0.3 is 0 Å². The largest absolute Gasteiger partial charge is 0.318 e. The maximum Gasteiger partial charge on any atom is 0.295 e. The molecule has 152 valence electrons. The zero-order valence-corrected chi connectivity index (χ0v) is 16.9. The van der Waals surface area contributed by atoms with Crippen molar-refractivity contribution >= 4 is 22.5 Å². The molecule has 1 N–H and O–H groups in total. The number of nitrogens with one attached hydrogen (secondary N) is 1. The Morgan fingerprint density at radius 1 is 1.00 bits per heavy atom. The topological polar surface area (TPSA) is 90.9 Å². The second-order valence-electron chi connectivity index (χ2n) is 7.13. The van der Waals surface area contributed by atoms with E-state index in [9.17, 15) is 14.4 Å². The Labute approximate surface area is 172 Å². The van der Waals surface area contributed by atoms with E-state index in [-0.39, 0.29) is 23.4 Å². The fraction of sp³-hybridized carbons (Fsp3) is 0.182. The average Bonchev–Trinajstić information content (AvgIpc) is 2.94. The number of hydrogen-bond acceptors (Lipinski definition) is 4. The molecule has 0 bridgehead atoms. The minimum Gasteiger partial charge on any atom is -0.318 e. The zero-order chi connectivity index (χ0) is 21.4. The number of carbonyl (C=O) groups is 1. The van der Waals surface area contributed by atoms with Crippen molar-refractivity contribution in [2.75, 3.05) is 5.32 Å². The molecule has 1 amide bonds. The molecule has 0 unspecified atom stereocenters. The van der Waals surface area contributed by atoms with Gasteiger partial charge in [0.1, 0.15) is 12.2 Å². The molecule has 2 heterocycles. The van der Waals surface area contributed by atoms with E-state index in [2.05, 4.69) is 10.3 Å². The van der Waals surface area contributed by atoms with Crippen LogP contribution in [-0.4, -0.2) is 24.8 Å². The molecular formula is C22H21N5O3. The van der Waals surface area contributed by atoms with Crippen molar-refractivity contribution in [3.8, 4) is 5.69 Å². The number of hydrogen-bond donors (Lipinski definition) is 1. The third kappa shape index (κ3) is 3.22. The Morgan fingerprint density at radius 2 is 1.73 bits per heavy atom. The number of para-hydroxylation sites is 2. The molecule has 0 fully saturated rings. The molecule has 4 aromatic rings. The van der Waals surface area contributed by atoms with Gasteiger partial charge in [-0.1, -0.05) is 30.3 Å². The van der Waals surface area contributed by atoms with Gasteiger partial charge in [0, 0.05) is 7.05 Å². The van der Waals surface area contributed by atoms with Gasteiger partial charge in [-0.3, -0.25) is 23.6 Å². The van der Waals surface area contributed by atoms with Crippen LogP contribution in [-0.2, 0) is 18.4 Å². The van der Waals surface area contributed by atoms with Crippen molar-refractivity contribution in [1.82, 2.24) is 18.9 Å². The lowest BCUT2D eigenvalue weighted by Crippen LogP contribution is -2.29. The van der Waals surface area contributed by atoms with E-state index in [1.807, 2.05) is 43.3 Å². The molecule has 0 atom stereocenters. The molecule has 0 saturated carbocycles. The summed E-state index contributed by atoms with van der Waals surface area (Å²) in [6.07, 6.45) is 1.36. The lowest BCUT2D eigenvalue weighted by molar-refractivity contribution is -0.116. The summed E-state index contributed by atoms with van der Waals surface area (Å²) in [4.78, 5) is 42.6. The average molecular weight is 403 g/mol. The predicted molar refractivity (Wildman–Crippen MR) is 115 cm³/mol. The lowest BCUT2D eigenvalue weighted by atomic mass is 10.1. The SMILES string of the molecule is Cc1cccc2c(=O)n(CC(=O)Nc3c(C)n(C)n(-c4ccccc4)c3=O)cnc12. The van der Waals surface area contributed by atoms with Crippen molar-refractivity contribution in [2.45, 2.75) is 20.4 Å². The normalized spacial score (nSPS) is 11.0. The highest BCUT2D eigenvalue weighted by Crippen LogP contribution is 2.14. The second kappa shape index (κ2) is 7.47. The minimum atomic E-state index is -0.475. The van der Waals surface area contributed by atoms with Crippen LogP contribution < -0.4 is 16.4 Å². The molecule has 0 spiro atoms. The van der Waals surface area contributed by atoms with Crippen molar-refractivity contribution in [3.63, 3.8) is 0 Å². The van der Waals surface area contributed by atoms with Crippen LogP contribution in [0.2, 0.25) is 0 Å². The fourth-order valence-electron chi connectivity index (χ4n) is 3.50. The summed E-state index contributed by atoms with van der Waals surface area (Å²) in [5.41, 5.74) is 2.35. The number of benzene rings is 2. The molecule has 4 rings (SSSR count). The summed E-state index contributed by atoms with van der Waals surface area (Å²) >= 11 is 0. The molecule has 0 radical (unpaired) electrons. The summed E-state index contributed by atoms with van der Waals surface area (Å²) < 4.78 is 4.41. The van der Waals surface area contributed by atoms with E-state index in [0.29, 0.717) is 22.3 Å². The zero-order valence-electron chi connectivity index (χ0n) is 16.9. The number of rotatable bonds is 4. The van der Waals surface area contributed by atoms with Crippen LogP contribution in [0.25, 0.3) is 16.6 Å². The number of fused-ring (bicyclic) bond motifs is 1. The first kappa shape index (κ1) is 19.4. The Kier molecular flexibility index (Phi) is 4.83. The number of aryl methyl sites for hydroxylation is 1. The van der Waals surface area contributed by atoms with Gasteiger partial charge in [-0.05, 0) is 37.6 Å². The number of anilines is 1. The van der Waals surface area contributed by atoms with Gasteiger partial charge in [0.2, 0.25) is 5.91 Å². The molecule has 8 nitrogen and oxygen atoms in total. The minimum absolute atomic E-state index is 0.184. The van der Waals surface area contributed by atoms with Crippen LogP contribution in [0.5, 0.6) is 0 Å². The quantitative estimate of drug-likeness (QED) is 0.565. The van der Waals surface area contributed by atoms with E-state index in [0.717, 1.165) is 5.56 Å². The second-order valence-corrected chi connectivity index (χ2v) is 7.13. The summed E-state index contributed by atoms with van der Waals surface area (Å²) in [6, 6.07) is 14.5. The van der Waals surface area contributed by atoms with Crippen LogP contribution in [0, 0.1) is 13.8 Å². The maximum atomic E-state index is 12.9. The van der Waals surface area contributed by atoms with Crippen LogP contribution in [0.4, 0.5) is 5.69 Å². The van der Waals surface area contributed by atoms with Gasteiger partial charge in [-0.2, -0.15) is 0 Å². The smallest absolute Gasteiger partial charge is 0.295 e. The standard InChI is InChI=1S/C22H21N5O3/c1-14-8-7-11-17-19(14)23-13-26(21(17)29)12-18(28)24-20-15(2)25(3)27(22(20)30)16-9-5-4-6-10-16/h4-11,13H,12H2,1-3H3,(H,24,28). The van der Waals surface area contributed by atoms with Crippen LogP contribution in [0.15, 0.2) is 64.4 Å². The highest BCUT2D eigenvalue weighted by atomic mass is 16.2. The molecule has 0 aliphatic heterocycles. The van der Waals surface area contributed by atoms with Crippen LogP contribution >= 0.6 is 0 Å². The van der Waals surface area contributed by atoms with E-state index < -0.39 is 5.91 Å². The monoisotopic (exact) mass is 403 g/mol. The third-order valence-corrected chi connectivity index (χ3v) is 5.19. The van der Waals surface area contributed by atoms with E-state index >= 15 is 0 Å². The molecule has 2 aromatic heterocycles. The molecular weight excluding hydrogens is 382 g/mol. The Hall–Kier alpha value is -3.94. The third-order valence-electron chi connectivity index (χ3n) is 5.19. The molecule has 8 heteroatoms. The van der Waals surface area contributed by atoms with E-state index in [1.54, 1.807) is 30.8 Å². The summed E-state index contributed by atoms with van der Waals surface area (Å²) in [5, 5.41) is 3.12. The van der Waals surface area contributed by atoms with Crippen molar-refractivity contribution in [2.24, 2.45) is 7.05 Å². The number of amides is 1. The summed E-state index contributed by atoms with van der Waals surface area (Å²) in [7, 11) is 1.75. The molecule has 2 aromatic carbocycles. The highest BCUT2D eigenvalue weighted by molar-refractivity contribution is 5.91. The number of nitrogens with zero attached hydrogens (tertiary/aromatic N) is 4. The Morgan fingerprint density at radius 3 is 2.47 bits per heavy atom. The molecule has 0 saturated heterocycles. The van der Waals surface area contributed by atoms with Crippen LogP contribution in [0.1, 0.15) is 11.3 Å². The van der Waals surface area contributed by atoms with E-state index in [4.69, 9.17) is 0 Å². The molecule has 30 heavy (non-hydrogen) atoms. The van der Waals surface area contributed by atoms with Gasteiger partial charge in [0.25, 0.3) is 11.1 Å². The van der Waals surface area contributed by atoms with Crippen molar-refractivity contribution in [1.29, 1.82) is 0 Å². The first-order valence-corrected chi connectivity index (χ1v) is 9.47. The first-order chi connectivity index (χ1) is 14.4. The van der Waals surface area contributed by atoms with E-state index in [1.165, 1.54) is 15.6 Å². The van der Waals surface area contributed by atoms with Crippen molar-refractivity contribution in [3.05, 3.63) is 86.8 Å². The highest BCUT2D eigenvalue weighted by Gasteiger charge is 2.18. The summed E-state index contributed by atoms with van der Waals surface area (Å²) in [5.74, 6) is -0.475. The van der Waals surface area contributed by atoms with Crippen LogP contribution in [0.3, 0.4) is 0 Å².